The molecule has 2 N–H and O–H groups in total. The second-order valence-corrected chi connectivity index (χ2v) is 13.5. The number of H-pyrrole nitrogens is 1. The van der Waals surface area contributed by atoms with Crippen molar-refractivity contribution in [2.24, 2.45) is 46.3 Å². The fourth-order valence-electron chi connectivity index (χ4n) is 10.1. The molecule has 1 heterocycles. The lowest BCUT2D eigenvalue weighted by Crippen LogP contribution is -2.54. The topological polar surface area (TPSA) is 48.9 Å². The molecule has 4 aliphatic carbocycles. The van der Waals surface area contributed by atoms with E-state index in [1.54, 1.807) is 0 Å². The van der Waals surface area contributed by atoms with E-state index in [4.69, 9.17) is 4.98 Å². The van der Waals surface area contributed by atoms with Crippen molar-refractivity contribution < 1.29 is 5.11 Å². The van der Waals surface area contributed by atoms with Crippen LogP contribution in [0.25, 0.3) is 11.0 Å². The van der Waals surface area contributed by atoms with Crippen LogP contribution in [0.4, 0.5) is 0 Å². The van der Waals surface area contributed by atoms with E-state index in [-0.39, 0.29) is 6.10 Å². The minimum absolute atomic E-state index is 0.0315. The number of hydrogen-bond donors (Lipinski definition) is 2. The summed E-state index contributed by atoms with van der Waals surface area (Å²) >= 11 is 0. The summed E-state index contributed by atoms with van der Waals surface area (Å²) in [6.07, 6.45) is 14.2. The molecule has 3 nitrogen and oxygen atoms in total. The molecular weight excluding hydrogens is 416 g/mol. The maximum absolute atomic E-state index is 10.3. The predicted octanol–water partition coefficient (Wildman–Crippen LogP) is 7.46. The first kappa shape index (κ1) is 23.1. The molecule has 4 saturated carbocycles. The Kier molecular flexibility index (Phi) is 5.67. The smallest absolute Gasteiger partial charge is 0.107 e. The molecule has 0 unspecified atom stereocenters. The zero-order valence-corrected chi connectivity index (χ0v) is 21.9. The number of fused-ring (bicyclic) bond motifs is 6. The second-order valence-electron chi connectivity index (χ2n) is 13.5. The van der Waals surface area contributed by atoms with Gasteiger partial charge in [0.1, 0.15) is 5.82 Å². The van der Waals surface area contributed by atoms with Gasteiger partial charge in [-0.2, -0.15) is 0 Å². The number of benzene rings is 1. The third-order valence-electron chi connectivity index (χ3n) is 11.9. The number of aromatic amines is 1. The maximum Gasteiger partial charge on any atom is 0.107 e. The summed E-state index contributed by atoms with van der Waals surface area (Å²) in [6, 6.07) is 6.53. The van der Waals surface area contributed by atoms with Crippen molar-refractivity contribution in [3.8, 4) is 0 Å². The lowest BCUT2D eigenvalue weighted by Gasteiger charge is -2.61. The highest BCUT2D eigenvalue weighted by atomic mass is 16.3. The van der Waals surface area contributed by atoms with Crippen molar-refractivity contribution >= 4 is 11.0 Å². The summed E-state index contributed by atoms with van der Waals surface area (Å²) in [4.78, 5) is 8.47. The summed E-state index contributed by atoms with van der Waals surface area (Å²) in [5.41, 5.74) is 4.62. The molecule has 3 heteroatoms. The first-order chi connectivity index (χ1) is 16.3. The van der Waals surface area contributed by atoms with Gasteiger partial charge in [0.25, 0.3) is 0 Å². The average Bonchev–Trinajstić information content (AvgIpc) is 3.37. The minimum atomic E-state index is -0.0315. The van der Waals surface area contributed by atoms with Crippen LogP contribution in [0.5, 0.6) is 0 Å². The molecule has 4 aliphatic rings. The van der Waals surface area contributed by atoms with Crippen LogP contribution in [0.15, 0.2) is 18.2 Å². The Morgan fingerprint density at radius 3 is 2.68 bits per heavy atom. The van der Waals surface area contributed by atoms with Crippen molar-refractivity contribution in [2.45, 2.75) is 104 Å². The molecule has 0 radical (unpaired) electrons. The average molecular weight is 463 g/mol. The zero-order valence-electron chi connectivity index (χ0n) is 21.9. The van der Waals surface area contributed by atoms with Crippen LogP contribution in [0.2, 0.25) is 0 Å². The van der Waals surface area contributed by atoms with E-state index in [1.807, 2.05) is 0 Å². The highest BCUT2D eigenvalue weighted by molar-refractivity contribution is 5.75. The molecule has 2 aromatic rings. The molecular formula is C31H46N2O. The van der Waals surface area contributed by atoms with Gasteiger partial charge in [-0.3, -0.25) is 0 Å². The highest BCUT2D eigenvalue weighted by Gasteiger charge is 2.60. The maximum atomic E-state index is 10.3. The Morgan fingerprint density at radius 1 is 1.03 bits per heavy atom. The molecule has 1 aromatic heterocycles. The fraction of sp³-hybridized carbons (Fsp3) is 0.774. The highest BCUT2D eigenvalue weighted by Crippen LogP contribution is 2.68. The molecule has 0 spiro atoms. The molecule has 9 atom stereocenters. The zero-order chi connectivity index (χ0) is 23.7. The van der Waals surface area contributed by atoms with E-state index >= 15 is 0 Å². The van der Waals surface area contributed by atoms with E-state index in [0.717, 1.165) is 60.3 Å². The van der Waals surface area contributed by atoms with Gasteiger partial charge in [-0.05, 0) is 135 Å². The molecule has 0 aliphatic heterocycles. The van der Waals surface area contributed by atoms with Crippen LogP contribution in [-0.2, 0) is 6.42 Å². The Labute approximate surface area is 206 Å². The Balaban J connectivity index is 1.15. The first-order valence-electron chi connectivity index (χ1n) is 14.4. The molecule has 0 bridgehead atoms. The van der Waals surface area contributed by atoms with E-state index in [2.05, 4.69) is 50.9 Å². The number of imidazole rings is 1. The van der Waals surface area contributed by atoms with Gasteiger partial charge in [-0.25, -0.2) is 4.98 Å². The number of rotatable bonds is 4. The molecule has 6 rings (SSSR count). The standard InChI is InChI=1S/C31H46N2O/c1-19-5-11-27-28(17-19)33-29(32-27)12-6-20(2)24-9-10-25-23-8-7-21-18-22(34)13-15-30(21,3)26(23)14-16-31(24,25)4/h5,11,17,20-26,34H,6-10,12-16,18H2,1-4H3,(H,32,33)/t20-,21-,22-,23+,24-,25+,26+,30-,31+/m0/s1. The van der Waals surface area contributed by atoms with Gasteiger partial charge in [0.15, 0.2) is 0 Å². The van der Waals surface area contributed by atoms with Crippen molar-refractivity contribution in [3.05, 3.63) is 29.6 Å². The number of nitrogens with one attached hydrogen (secondary N) is 1. The summed E-state index contributed by atoms with van der Waals surface area (Å²) in [5.74, 6) is 6.34. The third kappa shape index (κ3) is 3.59. The van der Waals surface area contributed by atoms with Crippen molar-refractivity contribution in [1.29, 1.82) is 0 Å². The summed E-state index contributed by atoms with van der Waals surface area (Å²) in [6.45, 7) is 9.99. The van der Waals surface area contributed by atoms with Crippen molar-refractivity contribution in [3.63, 3.8) is 0 Å². The molecule has 34 heavy (non-hydrogen) atoms. The third-order valence-corrected chi connectivity index (χ3v) is 11.9. The predicted molar refractivity (Wildman–Crippen MR) is 140 cm³/mol. The van der Waals surface area contributed by atoms with Gasteiger partial charge < -0.3 is 10.1 Å². The monoisotopic (exact) mass is 462 g/mol. The van der Waals surface area contributed by atoms with E-state index in [0.29, 0.717) is 10.8 Å². The lowest BCUT2D eigenvalue weighted by atomic mass is 9.44. The minimum Gasteiger partial charge on any atom is -0.393 e. The van der Waals surface area contributed by atoms with Crippen molar-refractivity contribution in [1.82, 2.24) is 9.97 Å². The largest absolute Gasteiger partial charge is 0.393 e. The molecule has 186 valence electrons. The van der Waals surface area contributed by atoms with E-state index < -0.39 is 0 Å². The van der Waals surface area contributed by atoms with Gasteiger partial charge in [0, 0.05) is 6.42 Å². The van der Waals surface area contributed by atoms with E-state index in [9.17, 15) is 5.11 Å². The van der Waals surface area contributed by atoms with Crippen molar-refractivity contribution in [2.75, 3.05) is 0 Å². The fourth-order valence-corrected chi connectivity index (χ4v) is 10.1. The van der Waals surface area contributed by atoms with Gasteiger partial charge in [0.2, 0.25) is 0 Å². The second kappa shape index (κ2) is 8.36. The van der Waals surface area contributed by atoms with Gasteiger partial charge in [-0.1, -0.05) is 26.8 Å². The summed E-state index contributed by atoms with van der Waals surface area (Å²) in [5, 5.41) is 10.3. The molecule has 4 fully saturated rings. The number of aliphatic hydroxyl groups excluding tert-OH is 1. The summed E-state index contributed by atoms with van der Waals surface area (Å²) in [7, 11) is 0. The lowest BCUT2D eigenvalue weighted by molar-refractivity contribution is -0.129. The van der Waals surface area contributed by atoms with Crippen LogP contribution >= 0.6 is 0 Å². The Hall–Kier alpha value is -1.35. The van der Waals surface area contributed by atoms with Crippen LogP contribution in [-0.4, -0.2) is 21.2 Å². The van der Waals surface area contributed by atoms with Crippen LogP contribution < -0.4 is 0 Å². The molecule has 0 saturated heterocycles. The number of aliphatic hydroxyl groups is 1. The van der Waals surface area contributed by atoms with Gasteiger partial charge in [0.05, 0.1) is 17.1 Å². The normalized spacial score (nSPS) is 42.7. The number of aromatic nitrogens is 2. The van der Waals surface area contributed by atoms with Crippen LogP contribution in [0, 0.1) is 53.3 Å². The van der Waals surface area contributed by atoms with Crippen LogP contribution in [0.3, 0.4) is 0 Å². The molecule has 0 amide bonds. The number of aryl methyl sites for hydroxylation is 2. The van der Waals surface area contributed by atoms with E-state index in [1.165, 1.54) is 68.3 Å². The van der Waals surface area contributed by atoms with Gasteiger partial charge in [-0.15, -0.1) is 0 Å². The Morgan fingerprint density at radius 2 is 1.82 bits per heavy atom. The first-order valence-corrected chi connectivity index (χ1v) is 14.4. The SMILES string of the molecule is Cc1ccc2nc(CC[C@H](C)[C@@H]3CC[C@@H]4[C@H]5CC[C@H]6C[C@@H](O)CC[C@]6(C)[C@@H]5CC[C@@]43C)[nH]c2c1. The quantitative estimate of drug-likeness (QED) is 0.495. The Bertz CT molecular complexity index is 1040. The van der Waals surface area contributed by atoms with Crippen LogP contribution in [0.1, 0.15) is 96.4 Å². The molecule has 1 aromatic carbocycles. The number of hydrogen-bond acceptors (Lipinski definition) is 2. The number of nitrogens with zero attached hydrogens (tertiary/aromatic N) is 1. The summed E-state index contributed by atoms with van der Waals surface area (Å²) < 4.78 is 0. The van der Waals surface area contributed by atoms with Gasteiger partial charge >= 0.3 is 0 Å².